The first kappa shape index (κ1) is 23.4. The van der Waals surface area contributed by atoms with Crippen LogP contribution in [0.2, 0.25) is 5.02 Å². The number of aryl methyl sites for hydroxylation is 2. The molecule has 0 bridgehead atoms. The van der Waals surface area contributed by atoms with Crippen LogP contribution in [-0.4, -0.2) is 33.5 Å². The quantitative estimate of drug-likeness (QED) is 0.225. The first-order chi connectivity index (χ1) is 17.4. The molecular formula is C26H21ClN4O5. The third kappa shape index (κ3) is 4.03. The summed E-state index contributed by atoms with van der Waals surface area (Å²) in [5.74, 6) is 1.24. The maximum Gasteiger partial charge on any atom is 0.288 e. The van der Waals surface area contributed by atoms with Crippen LogP contribution in [0.25, 0.3) is 27.8 Å². The summed E-state index contributed by atoms with van der Waals surface area (Å²) in [7, 11) is 3.15. The van der Waals surface area contributed by atoms with Crippen LogP contribution in [0.15, 0.2) is 71.7 Å². The van der Waals surface area contributed by atoms with Crippen LogP contribution in [-0.2, 0) is 13.0 Å². The highest BCUT2D eigenvalue weighted by molar-refractivity contribution is 6.33. The molecule has 0 fully saturated rings. The highest BCUT2D eigenvalue weighted by Crippen LogP contribution is 2.36. The zero-order chi connectivity index (χ0) is 25.4. The summed E-state index contributed by atoms with van der Waals surface area (Å²) in [6.07, 6.45) is 2.33. The number of ether oxygens (including phenoxy) is 2. The smallest absolute Gasteiger partial charge is 0.288 e. The van der Waals surface area contributed by atoms with Crippen molar-refractivity contribution < 1.29 is 14.4 Å². The van der Waals surface area contributed by atoms with Crippen LogP contribution >= 0.6 is 11.6 Å². The molecule has 2 aliphatic heterocycles. The number of fused-ring (bicyclic) bond motifs is 3. The predicted molar refractivity (Wildman–Crippen MR) is 137 cm³/mol. The Labute approximate surface area is 210 Å². The average molecular weight is 505 g/mol. The maximum atomic E-state index is 13.3. The lowest BCUT2D eigenvalue weighted by molar-refractivity contribution is -0.384. The molecule has 3 aromatic rings. The van der Waals surface area contributed by atoms with Gasteiger partial charge < -0.3 is 14.0 Å². The zero-order valence-corrected chi connectivity index (χ0v) is 20.2. The number of rotatable bonds is 7. The van der Waals surface area contributed by atoms with Gasteiger partial charge in [-0.2, -0.15) is 9.78 Å². The number of benzene rings is 3. The molecule has 2 aliphatic rings. The molecule has 0 atom stereocenters. The van der Waals surface area contributed by atoms with E-state index in [0.29, 0.717) is 52.3 Å². The topological polar surface area (TPSA) is 101 Å². The van der Waals surface area contributed by atoms with E-state index in [1.807, 2.05) is 41.0 Å². The second-order valence-corrected chi connectivity index (χ2v) is 8.56. The molecule has 0 N–H and O–H groups in total. The van der Waals surface area contributed by atoms with Crippen LogP contribution in [0.4, 0.5) is 5.69 Å². The summed E-state index contributed by atoms with van der Waals surface area (Å²) in [5.41, 5.74) is 2.41. The molecule has 9 nitrogen and oxygen atoms in total. The molecule has 2 heterocycles. The van der Waals surface area contributed by atoms with Crippen molar-refractivity contribution in [2.75, 3.05) is 14.2 Å². The van der Waals surface area contributed by atoms with Gasteiger partial charge in [0.2, 0.25) is 0 Å². The summed E-state index contributed by atoms with van der Waals surface area (Å²) in [5, 5.41) is 16.6. The number of nitro groups is 1. The molecule has 3 aromatic carbocycles. The highest BCUT2D eigenvalue weighted by atomic mass is 35.5. The largest absolute Gasteiger partial charge is 0.493 e. The molecule has 0 saturated heterocycles. The molecular weight excluding hydrogens is 484 g/mol. The number of aromatic nitrogens is 3. The van der Waals surface area contributed by atoms with E-state index in [0.717, 1.165) is 5.56 Å². The fourth-order valence-corrected chi connectivity index (χ4v) is 4.52. The lowest BCUT2D eigenvalue weighted by atomic mass is 10.1. The second-order valence-electron chi connectivity index (χ2n) is 8.15. The Bertz CT molecular complexity index is 1630. The summed E-state index contributed by atoms with van der Waals surface area (Å²) < 4.78 is 13.9. The lowest BCUT2D eigenvalue weighted by Gasteiger charge is -2.15. The van der Waals surface area contributed by atoms with E-state index in [4.69, 9.17) is 21.1 Å². The van der Waals surface area contributed by atoms with E-state index < -0.39 is 4.92 Å². The molecule has 0 spiro atoms. The molecule has 36 heavy (non-hydrogen) atoms. The van der Waals surface area contributed by atoms with Gasteiger partial charge in [-0.15, -0.1) is 0 Å². The molecule has 182 valence electrons. The molecule has 5 rings (SSSR count). The molecule has 0 unspecified atom stereocenters. The van der Waals surface area contributed by atoms with E-state index in [2.05, 4.69) is 5.10 Å². The minimum absolute atomic E-state index is 0.0107. The van der Waals surface area contributed by atoms with Crippen molar-refractivity contribution in [3.63, 3.8) is 0 Å². The van der Waals surface area contributed by atoms with Gasteiger partial charge in [-0.05, 0) is 42.3 Å². The molecule has 10 heteroatoms. The molecule has 0 amide bonds. The van der Waals surface area contributed by atoms with Crippen LogP contribution in [0.3, 0.4) is 0 Å². The maximum absolute atomic E-state index is 13.3. The average Bonchev–Trinajstić information content (AvgIpc) is 3.23. The second kappa shape index (κ2) is 9.35. The van der Waals surface area contributed by atoms with E-state index in [9.17, 15) is 14.9 Å². The normalized spacial score (nSPS) is 11.2. The minimum atomic E-state index is -0.541. The Kier molecular flexibility index (Phi) is 6.07. The summed E-state index contributed by atoms with van der Waals surface area (Å²) in [6.45, 7) is 0.478. The first-order valence-electron chi connectivity index (χ1n) is 11.1. The Hall–Kier alpha value is -4.37. The Morgan fingerprint density at radius 3 is 2.47 bits per heavy atom. The lowest BCUT2D eigenvalue weighted by Crippen LogP contribution is -2.15. The Morgan fingerprint density at radius 2 is 1.78 bits per heavy atom. The summed E-state index contributed by atoms with van der Waals surface area (Å²) in [6, 6.07) is 17.6. The number of pyridine rings is 1. The van der Waals surface area contributed by atoms with Crippen LogP contribution in [0, 0.1) is 10.1 Å². The van der Waals surface area contributed by atoms with E-state index in [1.54, 1.807) is 38.6 Å². The van der Waals surface area contributed by atoms with Crippen LogP contribution < -0.4 is 15.0 Å². The first-order valence-corrected chi connectivity index (χ1v) is 11.4. The van der Waals surface area contributed by atoms with Crippen molar-refractivity contribution in [3.8, 4) is 28.4 Å². The monoisotopic (exact) mass is 504 g/mol. The Balaban J connectivity index is 1.67. The summed E-state index contributed by atoms with van der Waals surface area (Å²) in [4.78, 5) is 24.4. The molecule has 0 aromatic heterocycles. The van der Waals surface area contributed by atoms with E-state index in [-0.39, 0.29) is 16.3 Å². The van der Waals surface area contributed by atoms with Gasteiger partial charge in [0.05, 0.1) is 35.9 Å². The van der Waals surface area contributed by atoms with Crippen LogP contribution in [0.5, 0.6) is 11.5 Å². The van der Waals surface area contributed by atoms with Crippen molar-refractivity contribution in [1.82, 2.24) is 14.3 Å². The molecule has 0 saturated carbocycles. The van der Waals surface area contributed by atoms with Gasteiger partial charge in [0, 0.05) is 24.2 Å². The standard InChI is InChI=1S/C26H21ClN4O5/c1-35-23-9-8-16(12-24(23)36-2)10-11-29-15-19-25(18-13-22(31(33)34)20(27)14-21(18)29)28-30(26(19)32)17-6-4-3-5-7-17/h3-9,12-15H,10-11H2,1-2H3. The zero-order valence-electron chi connectivity index (χ0n) is 19.5. The number of nitro benzene ring substituents is 1. The third-order valence-corrected chi connectivity index (χ3v) is 6.38. The molecule has 0 radical (unpaired) electrons. The van der Waals surface area contributed by atoms with Gasteiger partial charge >= 0.3 is 0 Å². The number of methoxy groups -OCH3 is 2. The van der Waals surface area contributed by atoms with Gasteiger partial charge in [0.1, 0.15) is 10.7 Å². The fourth-order valence-electron chi connectivity index (χ4n) is 4.29. The van der Waals surface area contributed by atoms with Gasteiger partial charge in [-0.25, -0.2) is 0 Å². The van der Waals surface area contributed by atoms with E-state index in [1.165, 1.54) is 10.7 Å². The van der Waals surface area contributed by atoms with Crippen molar-refractivity contribution in [1.29, 1.82) is 0 Å². The Morgan fingerprint density at radius 1 is 1.03 bits per heavy atom. The number of hydrogen-bond donors (Lipinski definition) is 0. The number of nitrogens with zero attached hydrogens (tertiary/aromatic N) is 4. The van der Waals surface area contributed by atoms with Gasteiger partial charge in [0.15, 0.2) is 11.5 Å². The third-order valence-electron chi connectivity index (χ3n) is 6.08. The SMILES string of the molecule is COc1ccc(CCn2cc3c(=O)n(-c4ccccc4)nc-3c3cc([N+](=O)[O-])c(Cl)cc32)cc1OC. The molecule has 0 aliphatic carbocycles. The van der Waals surface area contributed by atoms with Crippen LogP contribution in [0.1, 0.15) is 5.56 Å². The van der Waals surface area contributed by atoms with Gasteiger partial charge in [0.25, 0.3) is 11.2 Å². The van der Waals surface area contributed by atoms with Crippen molar-refractivity contribution in [3.05, 3.63) is 97.9 Å². The summed E-state index contributed by atoms with van der Waals surface area (Å²) >= 11 is 6.27. The van der Waals surface area contributed by atoms with Crippen molar-refractivity contribution in [2.45, 2.75) is 13.0 Å². The van der Waals surface area contributed by atoms with Crippen molar-refractivity contribution >= 4 is 28.2 Å². The van der Waals surface area contributed by atoms with Crippen molar-refractivity contribution in [2.24, 2.45) is 0 Å². The number of para-hydroxylation sites is 1. The highest BCUT2D eigenvalue weighted by Gasteiger charge is 2.24. The number of halogens is 1. The fraction of sp³-hybridized carbons (Fsp3) is 0.154. The van der Waals surface area contributed by atoms with Gasteiger partial charge in [-0.1, -0.05) is 35.9 Å². The predicted octanol–water partition coefficient (Wildman–Crippen LogP) is 5.11. The number of hydrogen-bond acceptors (Lipinski definition) is 6. The minimum Gasteiger partial charge on any atom is -0.493 e. The van der Waals surface area contributed by atoms with Gasteiger partial charge in [-0.3, -0.25) is 14.9 Å². The van der Waals surface area contributed by atoms with E-state index >= 15 is 0 Å².